The van der Waals surface area contributed by atoms with E-state index < -0.39 is 11.4 Å². The minimum absolute atomic E-state index is 0.0516. The Kier molecular flexibility index (Phi) is 5.85. The maximum Gasteiger partial charge on any atom is 0.303 e. The number of hydrogen-bond acceptors (Lipinski definition) is 6. The molecule has 0 radical (unpaired) electrons. The molecule has 1 spiro atoms. The molecule has 0 N–H and O–H groups in total. The van der Waals surface area contributed by atoms with Gasteiger partial charge in [0.15, 0.2) is 5.79 Å². The van der Waals surface area contributed by atoms with E-state index >= 15 is 0 Å². The van der Waals surface area contributed by atoms with Gasteiger partial charge in [-0.25, -0.2) is 0 Å². The van der Waals surface area contributed by atoms with Gasteiger partial charge in [-0.05, 0) is 32.6 Å². The normalized spacial score (nSPS) is 40.0. The van der Waals surface area contributed by atoms with Gasteiger partial charge in [-0.15, -0.1) is 0 Å². The quantitative estimate of drug-likeness (QED) is 0.506. The lowest BCUT2D eigenvalue weighted by Gasteiger charge is -2.37. The predicted octanol–water partition coefficient (Wildman–Crippen LogP) is 3.67. The number of methoxy groups -OCH3 is 1. The van der Waals surface area contributed by atoms with Crippen molar-refractivity contribution in [3.8, 4) is 0 Å². The minimum Gasteiger partial charge on any atom is -0.456 e. The number of ether oxygens (including phenoxy) is 5. The van der Waals surface area contributed by atoms with Gasteiger partial charge in [-0.3, -0.25) is 4.79 Å². The molecule has 158 valence electrons. The van der Waals surface area contributed by atoms with Gasteiger partial charge >= 0.3 is 5.97 Å². The molecule has 2 aliphatic heterocycles. The van der Waals surface area contributed by atoms with E-state index in [1.54, 1.807) is 7.11 Å². The standard InChI is InChI=1S/C22H34O6/c1-15(24-3)9-5-6-10-19-21(26-16(2)23)13-17(25-19)20-18(14-21)27-22(28-20)11-7-4-8-12-22/h5-6,15,17-20H,4,7-14H2,1-3H3/b6-5+/t15?,17-,18-,19?,20+,21-/m1/s1. The van der Waals surface area contributed by atoms with Crippen molar-refractivity contribution in [1.82, 2.24) is 0 Å². The molecule has 6 atom stereocenters. The molecule has 4 fully saturated rings. The molecule has 2 heterocycles. The number of carbonyl (C=O) groups is 1. The zero-order chi connectivity index (χ0) is 19.8. The van der Waals surface area contributed by atoms with E-state index in [-0.39, 0.29) is 36.5 Å². The van der Waals surface area contributed by atoms with Crippen LogP contribution in [0.3, 0.4) is 0 Å². The summed E-state index contributed by atoms with van der Waals surface area (Å²) in [6.07, 6.45) is 12.5. The SMILES string of the molecule is COC(C)C/C=C/CC1O[C@@H]2C[C@@]1(OC(C)=O)C[C@H]1OC3(CCCCC3)O[C@@H]21. The molecule has 28 heavy (non-hydrogen) atoms. The number of esters is 1. The fourth-order valence-electron chi connectivity index (χ4n) is 5.41. The van der Waals surface area contributed by atoms with Crippen molar-refractivity contribution >= 4 is 5.97 Å². The van der Waals surface area contributed by atoms with Crippen molar-refractivity contribution in [1.29, 1.82) is 0 Å². The van der Waals surface area contributed by atoms with Crippen LogP contribution in [0.1, 0.15) is 71.6 Å². The zero-order valence-corrected chi connectivity index (χ0v) is 17.4. The van der Waals surface area contributed by atoms with Crippen LogP contribution in [0.2, 0.25) is 0 Å². The Bertz CT molecular complexity index is 598. The molecule has 4 rings (SSSR count). The maximum atomic E-state index is 11.9. The van der Waals surface area contributed by atoms with E-state index in [0.29, 0.717) is 19.3 Å². The van der Waals surface area contributed by atoms with Crippen LogP contribution in [0.25, 0.3) is 0 Å². The molecule has 0 aromatic heterocycles. The van der Waals surface area contributed by atoms with Crippen molar-refractivity contribution < 1.29 is 28.5 Å². The smallest absolute Gasteiger partial charge is 0.303 e. The topological polar surface area (TPSA) is 63.2 Å². The third kappa shape index (κ3) is 3.89. The minimum atomic E-state index is -0.613. The first-order valence-electron chi connectivity index (χ1n) is 10.8. The Labute approximate surface area is 167 Å². The summed E-state index contributed by atoms with van der Waals surface area (Å²) in [5, 5.41) is 0. The molecule has 6 nitrogen and oxygen atoms in total. The average Bonchev–Trinajstić information content (AvgIpc) is 3.15. The second-order valence-corrected chi connectivity index (χ2v) is 8.93. The third-order valence-electron chi connectivity index (χ3n) is 6.82. The van der Waals surface area contributed by atoms with E-state index in [0.717, 1.165) is 32.1 Å². The first-order valence-corrected chi connectivity index (χ1v) is 10.8. The number of carbonyl (C=O) groups excluding carboxylic acids is 1. The highest BCUT2D eigenvalue weighted by atomic mass is 16.8. The highest BCUT2D eigenvalue weighted by molar-refractivity contribution is 5.66. The van der Waals surface area contributed by atoms with Gasteiger partial charge in [-0.2, -0.15) is 0 Å². The third-order valence-corrected chi connectivity index (χ3v) is 6.82. The highest BCUT2D eigenvalue weighted by Crippen LogP contribution is 2.53. The van der Waals surface area contributed by atoms with Crippen LogP contribution in [0.15, 0.2) is 12.2 Å². The van der Waals surface area contributed by atoms with E-state index in [9.17, 15) is 4.79 Å². The molecule has 0 aromatic rings. The van der Waals surface area contributed by atoms with Crippen LogP contribution in [0.4, 0.5) is 0 Å². The summed E-state index contributed by atoms with van der Waals surface area (Å²) < 4.78 is 30.5. The fourth-order valence-corrected chi connectivity index (χ4v) is 5.41. The molecule has 2 saturated heterocycles. The summed E-state index contributed by atoms with van der Waals surface area (Å²) in [6, 6.07) is 0. The van der Waals surface area contributed by atoms with Crippen molar-refractivity contribution in [2.45, 2.75) is 114 Å². The highest BCUT2D eigenvalue weighted by Gasteiger charge is 2.64. The van der Waals surface area contributed by atoms with Crippen LogP contribution in [-0.2, 0) is 28.5 Å². The lowest BCUT2D eigenvalue weighted by molar-refractivity contribution is -0.207. The van der Waals surface area contributed by atoms with Gasteiger partial charge in [0.05, 0.1) is 18.3 Å². The molecule has 0 amide bonds. The molecule has 0 aromatic carbocycles. The van der Waals surface area contributed by atoms with Crippen molar-refractivity contribution in [2.75, 3.05) is 7.11 Å². The van der Waals surface area contributed by atoms with E-state index in [4.69, 9.17) is 23.7 Å². The molecular weight excluding hydrogens is 360 g/mol. The summed E-state index contributed by atoms with van der Waals surface area (Å²) in [5.74, 6) is -0.694. The molecule has 2 saturated carbocycles. The van der Waals surface area contributed by atoms with Crippen molar-refractivity contribution in [3.63, 3.8) is 0 Å². The Morgan fingerprint density at radius 1 is 1.14 bits per heavy atom. The molecule has 2 bridgehead atoms. The van der Waals surface area contributed by atoms with E-state index in [2.05, 4.69) is 12.2 Å². The van der Waals surface area contributed by atoms with Gasteiger partial charge in [0.1, 0.15) is 17.8 Å². The summed E-state index contributed by atoms with van der Waals surface area (Å²) in [7, 11) is 1.72. The molecule has 2 aliphatic carbocycles. The molecule has 4 aliphatic rings. The Balaban J connectivity index is 1.46. The molecular formula is C22H34O6. The maximum absolute atomic E-state index is 11.9. The van der Waals surface area contributed by atoms with Gasteiger partial charge in [0.2, 0.25) is 0 Å². The number of fused-ring (bicyclic) bond motifs is 4. The summed E-state index contributed by atoms with van der Waals surface area (Å²) in [6.45, 7) is 3.52. The van der Waals surface area contributed by atoms with Crippen LogP contribution in [0.5, 0.6) is 0 Å². The second-order valence-electron chi connectivity index (χ2n) is 8.93. The van der Waals surface area contributed by atoms with Crippen LogP contribution >= 0.6 is 0 Å². The van der Waals surface area contributed by atoms with Gasteiger partial charge in [0, 0.05) is 39.7 Å². The summed E-state index contributed by atoms with van der Waals surface area (Å²) >= 11 is 0. The Hall–Kier alpha value is -0.950. The first-order chi connectivity index (χ1) is 13.5. The largest absolute Gasteiger partial charge is 0.456 e. The molecule has 2 unspecified atom stereocenters. The second kappa shape index (κ2) is 8.05. The van der Waals surface area contributed by atoms with Crippen molar-refractivity contribution in [2.24, 2.45) is 0 Å². The average molecular weight is 395 g/mol. The van der Waals surface area contributed by atoms with Gasteiger partial charge in [-0.1, -0.05) is 18.6 Å². The van der Waals surface area contributed by atoms with Crippen LogP contribution < -0.4 is 0 Å². The summed E-state index contributed by atoms with van der Waals surface area (Å²) in [4.78, 5) is 11.9. The molecule has 6 heteroatoms. The fraction of sp³-hybridized carbons (Fsp3) is 0.864. The van der Waals surface area contributed by atoms with E-state index in [1.165, 1.54) is 13.3 Å². The lowest BCUT2D eigenvalue weighted by atomic mass is 9.78. The van der Waals surface area contributed by atoms with E-state index in [1.807, 2.05) is 6.92 Å². The van der Waals surface area contributed by atoms with Gasteiger partial charge < -0.3 is 23.7 Å². The lowest BCUT2D eigenvalue weighted by Crippen LogP contribution is -2.50. The van der Waals surface area contributed by atoms with Crippen LogP contribution in [-0.4, -0.2) is 55.0 Å². The summed E-state index contributed by atoms with van der Waals surface area (Å²) in [5.41, 5.74) is -0.613. The number of hydrogen-bond donors (Lipinski definition) is 0. The first kappa shape index (κ1) is 20.3. The number of rotatable bonds is 6. The van der Waals surface area contributed by atoms with Crippen LogP contribution in [0, 0.1) is 0 Å². The Morgan fingerprint density at radius 3 is 2.61 bits per heavy atom. The predicted molar refractivity (Wildman–Crippen MR) is 103 cm³/mol. The zero-order valence-electron chi connectivity index (χ0n) is 17.4. The monoisotopic (exact) mass is 394 g/mol. The van der Waals surface area contributed by atoms with Crippen molar-refractivity contribution in [3.05, 3.63) is 12.2 Å². The van der Waals surface area contributed by atoms with Gasteiger partial charge in [0.25, 0.3) is 0 Å². The Morgan fingerprint density at radius 2 is 1.89 bits per heavy atom.